The summed E-state index contributed by atoms with van der Waals surface area (Å²) in [5.41, 5.74) is -0.235. The lowest BCUT2D eigenvalue weighted by Crippen LogP contribution is -2.34. The van der Waals surface area contributed by atoms with Gasteiger partial charge in [0.1, 0.15) is 11.4 Å². The molecule has 142 valence electrons. The Morgan fingerprint density at radius 2 is 2.00 bits per heavy atom. The predicted molar refractivity (Wildman–Crippen MR) is 95.9 cm³/mol. The number of halogens is 2. The molecule has 6 nitrogen and oxygen atoms in total. The molecule has 1 aromatic rings. The number of alkyl halides is 1. The summed E-state index contributed by atoms with van der Waals surface area (Å²) in [4.78, 5) is 37.0. The molecule has 1 aliphatic rings. The van der Waals surface area contributed by atoms with Crippen LogP contribution in [0.2, 0.25) is 0 Å². The molecule has 1 aromatic carbocycles. The van der Waals surface area contributed by atoms with Crippen LogP contribution in [0.4, 0.5) is 14.0 Å². The van der Waals surface area contributed by atoms with Crippen molar-refractivity contribution in [3.05, 3.63) is 35.1 Å². The molecule has 0 spiro atoms. The number of Topliss-reactive ketones (excluding diaryl/α,β-unsaturated/α-hetero) is 1. The molecule has 0 aliphatic carbocycles. The Morgan fingerprint density at radius 1 is 1.31 bits per heavy atom. The van der Waals surface area contributed by atoms with E-state index < -0.39 is 29.7 Å². The van der Waals surface area contributed by atoms with E-state index in [0.29, 0.717) is 24.9 Å². The number of nitrogens with zero attached hydrogens (tertiary/aromatic N) is 1. The highest BCUT2D eigenvalue weighted by Crippen LogP contribution is 2.33. The minimum atomic E-state index is -1.07. The smallest absolute Gasteiger partial charge is 0.428 e. The van der Waals surface area contributed by atoms with Gasteiger partial charge >= 0.3 is 12.2 Å². The maximum Gasteiger partial charge on any atom is 0.517 e. The molecular formula is C18H21BrFNO5. The number of ketones is 1. The molecule has 1 amide bonds. The van der Waals surface area contributed by atoms with Gasteiger partial charge in [0.2, 0.25) is 0 Å². The van der Waals surface area contributed by atoms with Gasteiger partial charge in [-0.1, -0.05) is 22.0 Å². The van der Waals surface area contributed by atoms with Crippen LogP contribution in [0.5, 0.6) is 0 Å². The van der Waals surface area contributed by atoms with Crippen molar-refractivity contribution in [1.29, 1.82) is 0 Å². The summed E-state index contributed by atoms with van der Waals surface area (Å²) >= 11 is 3.01. The standard InChI is InChI=1S/C18H21BrFNO5/c1-18(2,3)26-17(24)25-16(23)21-8-4-5-14(21)11-6-7-12(13(20)9-11)15(22)10-19/h6-7,9,14H,4-5,8,10H2,1-3H3. The van der Waals surface area contributed by atoms with E-state index in [1.165, 1.54) is 17.0 Å². The van der Waals surface area contributed by atoms with Gasteiger partial charge in [-0.25, -0.2) is 14.0 Å². The molecule has 1 atom stereocenters. The van der Waals surface area contributed by atoms with E-state index in [0.717, 1.165) is 0 Å². The zero-order chi connectivity index (χ0) is 19.5. The Labute approximate surface area is 159 Å². The fourth-order valence-electron chi connectivity index (χ4n) is 2.77. The average molecular weight is 430 g/mol. The molecule has 1 saturated heterocycles. The second-order valence-electron chi connectivity index (χ2n) is 6.98. The first kappa shape index (κ1) is 20.4. The quantitative estimate of drug-likeness (QED) is 0.303. The number of likely N-dealkylation sites (tertiary alicyclic amines) is 1. The summed E-state index contributed by atoms with van der Waals surface area (Å²) < 4.78 is 23.9. The number of carbonyl (C=O) groups excluding carboxylic acids is 3. The summed E-state index contributed by atoms with van der Waals surface area (Å²) in [5, 5.41) is 0.0288. The predicted octanol–water partition coefficient (Wildman–Crippen LogP) is 4.61. The highest BCUT2D eigenvalue weighted by molar-refractivity contribution is 9.09. The van der Waals surface area contributed by atoms with Gasteiger partial charge in [0.25, 0.3) is 0 Å². The summed E-state index contributed by atoms with van der Waals surface area (Å²) in [6.45, 7) is 5.37. The minimum absolute atomic E-state index is 0.00787. The van der Waals surface area contributed by atoms with Gasteiger partial charge in [0.15, 0.2) is 5.78 Å². The van der Waals surface area contributed by atoms with Gasteiger partial charge in [-0.3, -0.25) is 4.79 Å². The second-order valence-corrected chi connectivity index (χ2v) is 7.54. The van der Waals surface area contributed by atoms with E-state index in [4.69, 9.17) is 9.47 Å². The van der Waals surface area contributed by atoms with Gasteiger partial charge in [-0.15, -0.1) is 0 Å². The average Bonchev–Trinajstić information content (AvgIpc) is 3.01. The van der Waals surface area contributed by atoms with Gasteiger partial charge < -0.3 is 14.4 Å². The number of hydrogen-bond acceptors (Lipinski definition) is 5. The first-order chi connectivity index (χ1) is 12.1. The van der Waals surface area contributed by atoms with E-state index >= 15 is 0 Å². The zero-order valence-corrected chi connectivity index (χ0v) is 16.5. The maximum atomic E-state index is 14.2. The van der Waals surface area contributed by atoms with E-state index in [-0.39, 0.29) is 16.7 Å². The van der Waals surface area contributed by atoms with Gasteiger partial charge in [0.05, 0.1) is 16.9 Å². The van der Waals surface area contributed by atoms with Crippen LogP contribution in [0.15, 0.2) is 18.2 Å². The van der Waals surface area contributed by atoms with Crippen LogP contribution < -0.4 is 0 Å². The topological polar surface area (TPSA) is 72.9 Å². The van der Waals surface area contributed by atoms with E-state index in [1.54, 1.807) is 26.8 Å². The third kappa shape index (κ3) is 5.03. The van der Waals surface area contributed by atoms with Crippen molar-refractivity contribution >= 4 is 34.0 Å². The Hall–Kier alpha value is -1.96. The number of carbonyl (C=O) groups is 3. The Balaban J connectivity index is 2.12. The van der Waals surface area contributed by atoms with Crippen molar-refractivity contribution in [3.63, 3.8) is 0 Å². The summed E-state index contributed by atoms with van der Waals surface area (Å²) in [6, 6.07) is 3.85. The lowest BCUT2D eigenvalue weighted by atomic mass is 10.0. The second kappa shape index (κ2) is 8.16. The lowest BCUT2D eigenvalue weighted by Gasteiger charge is -2.25. The van der Waals surface area contributed by atoms with Gasteiger partial charge in [-0.2, -0.15) is 0 Å². The molecule has 1 heterocycles. The number of hydrogen-bond donors (Lipinski definition) is 0. The van der Waals surface area contributed by atoms with Crippen LogP contribution in [-0.4, -0.2) is 40.4 Å². The van der Waals surface area contributed by atoms with E-state index in [9.17, 15) is 18.8 Å². The third-order valence-corrected chi connectivity index (χ3v) is 4.36. The molecule has 2 rings (SSSR count). The highest BCUT2D eigenvalue weighted by atomic mass is 79.9. The first-order valence-electron chi connectivity index (χ1n) is 8.22. The number of rotatable bonds is 3. The molecule has 1 aliphatic heterocycles. The van der Waals surface area contributed by atoms with Crippen molar-refractivity contribution in [2.45, 2.75) is 45.3 Å². The monoisotopic (exact) mass is 429 g/mol. The molecule has 0 aromatic heterocycles. The molecular weight excluding hydrogens is 409 g/mol. The molecule has 1 unspecified atom stereocenters. The van der Waals surface area contributed by atoms with Crippen LogP contribution in [-0.2, 0) is 9.47 Å². The van der Waals surface area contributed by atoms with Gasteiger partial charge in [-0.05, 0) is 51.3 Å². The fourth-order valence-corrected chi connectivity index (χ4v) is 3.07. The normalized spacial score (nSPS) is 17.1. The van der Waals surface area contributed by atoms with E-state index in [2.05, 4.69) is 15.9 Å². The molecule has 0 saturated carbocycles. The van der Waals surface area contributed by atoms with Crippen molar-refractivity contribution in [2.24, 2.45) is 0 Å². The molecule has 0 radical (unpaired) electrons. The van der Waals surface area contributed by atoms with Crippen LogP contribution in [0.25, 0.3) is 0 Å². The largest absolute Gasteiger partial charge is 0.517 e. The number of ether oxygens (including phenoxy) is 2. The molecule has 0 N–H and O–H groups in total. The van der Waals surface area contributed by atoms with E-state index in [1.807, 2.05) is 0 Å². The lowest BCUT2D eigenvalue weighted by molar-refractivity contribution is 0.00202. The Bertz CT molecular complexity index is 716. The van der Waals surface area contributed by atoms with Gasteiger partial charge in [0, 0.05) is 6.54 Å². The SMILES string of the molecule is CC(C)(C)OC(=O)OC(=O)N1CCCC1c1ccc(C(=O)CBr)c(F)c1. The van der Waals surface area contributed by atoms with Crippen LogP contribution in [0.1, 0.15) is 55.6 Å². The number of benzene rings is 1. The summed E-state index contributed by atoms with van der Waals surface area (Å²) in [6.07, 6.45) is -0.604. The molecule has 8 heteroatoms. The first-order valence-corrected chi connectivity index (χ1v) is 9.34. The fraction of sp³-hybridized carbons (Fsp3) is 0.500. The molecule has 26 heavy (non-hydrogen) atoms. The summed E-state index contributed by atoms with van der Waals surface area (Å²) in [5.74, 6) is -0.999. The van der Waals surface area contributed by atoms with Crippen LogP contribution in [0, 0.1) is 5.82 Å². The Morgan fingerprint density at radius 3 is 2.58 bits per heavy atom. The Kier molecular flexibility index (Phi) is 6.39. The molecule has 1 fully saturated rings. The van der Waals surface area contributed by atoms with Crippen LogP contribution >= 0.6 is 15.9 Å². The zero-order valence-electron chi connectivity index (χ0n) is 14.9. The minimum Gasteiger partial charge on any atom is -0.428 e. The summed E-state index contributed by atoms with van der Waals surface area (Å²) in [7, 11) is 0. The third-order valence-electron chi connectivity index (χ3n) is 3.85. The van der Waals surface area contributed by atoms with Crippen LogP contribution in [0.3, 0.4) is 0 Å². The number of amides is 1. The van der Waals surface area contributed by atoms with Crippen molar-refractivity contribution in [2.75, 3.05) is 11.9 Å². The maximum absolute atomic E-state index is 14.2. The van der Waals surface area contributed by atoms with Crippen molar-refractivity contribution < 1.29 is 28.2 Å². The highest BCUT2D eigenvalue weighted by Gasteiger charge is 2.34. The van der Waals surface area contributed by atoms with Crippen molar-refractivity contribution in [1.82, 2.24) is 4.90 Å². The van der Waals surface area contributed by atoms with Crippen molar-refractivity contribution in [3.8, 4) is 0 Å². The molecule has 0 bridgehead atoms.